The Hall–Kier alpha value is -3.68. The summed E-state index contributed by atoms with van der Waals surface area (Å²) in [6.07, 6.45) is 1.42. The van der Waals surface area contributed by atoms with Crippen LogP contribution in [0.3, 0.4) is 0 Å². The van der Waals surface area contributed by atoms with Crippen molar-refractivity contribution in [2.75, 3.05) is 44.0 Å². The third-order valence-electron chi connectivity index (χ3n) is 8.30. The maximum Gasteiger partial charge on any atom is 0.323 e. The molecule has 3 aromatic carbocycles. The predicted octanol–water partition coefficient (Wildman–Crippen LogP) is 6.10. The van der Waals surface area contributed by atoms with Crippen molar-refractivity contribution in [2.45, 2.75) is 63.2 Å². The molecule has 4 atom stereocenters. The van der Waals surface area contributed by atoms with E-state index >= 15 is 0 Å². The van der Waals surface area contributed by atoms with E-state index in [1.807, 2.05) is 32.0 Å². The Morgan fingerprint density at radius 3 is 2.42 bits per heavy atom. The number of anilines is 2. The van der Waals surface area contributed by atoms with E-state index in [-0.39, 0.29) is 42.2 Å². The van der Waals surface area contributed by atoms with Crippen LogP contribution in [0.5, 0.6) is 5.75 Å². The number of carbonyl (C=O) groups is 2. The van der Waals surface area contributed by atoms with Crippen LogP contribution >= 0.6 is 11.6 Å². The smallest absolute Gasteiger partial charge is 0.323 e. The number of halogens is 1. The quantitative estimate of drug-likeness (QED) is 0.258. The van der Waals surface area contributed by atoms with Gasteiger partial charge in [-0.2, -0.15) is 4.31 Å². The number of amides is 3. The Labute approximate surface area is 288 Å². The zero-order valence-corrected chi connectivity index (χ0v) is 29.3. The van der Waals surface area contributed by atoms with Crippen LogP contribution in [0.25, 0.3) is 0 Å². The summed E-state index contributed by atoms with van der Waals surface area (Å²) in [5.41, 5.74) is 1.22. The SMILES string of the molecule is C[C@H](CO)N1C[C@H](C)[C@@H](CN(C)S(=O)(=O)c2ccc(Cl)cc2)OCCCC[C@H](C)Oc2ccc(NC(=O)Nc3ccccc3)cc2C1=O. The van der Waals surface area contributed by atoms with Crippen LogP contribution in [0.2, 0.25) is 5.02 Å². The highest BCUT2D eigenvalue weighted by Crippen LogP contribution is 2.29. The second-order valence-electron chi connectivity index (χ2n) is 12.2. The number of carbonyl (C=O) groups excluding carboxylic acids is 2. The molecule has 0 fully saturated rings. The molecule has 1 aliphatic rings. The molecule has 0 aromatic heterocycles. The largest absolute Gasteiger partial charge is 0.490 e. The first-order valence-electron chi connectivity index (χ1n) is 16.1. The molecule has 260 valence electrons. The summed E-state index contributed by atoms with van der Waals surface area (Å²) in [4.78, 5) is 28.8. The second-order valence-corrected chi connectivity index (χ2v) is 14.7. The molecule has 0 bridgehead atoms. The lowest BCUT2D eigenvalue weighted by Crippen LogP contribution is -2.48. The highest BCUT2D eigenvalue weighted by molar-refractivity contribution is 7.89. The van der Waals surface area contributed by atoms with Gasteiger partial charge < -0.3 is 30.1 Å². The number of aliphatic hydroxyl groups is 1. The van der Waals surface area contributed by atoms with Gasteiger partial charge in [0.15, 0.2) is 0 Å². The van der Waals surface area contributed by atoms with Gasteiger partial charge in [0.25, 0.3) is 5.91 Å². The van der Waals surface area contributed by atoms with E-state index in [0.29, 0.717) is 35.2 Å². The highest BCUT2D eigenvalue weighted by Gasteiger charge is 2.32. The van der Waals surface area contributed by atoms with E-state index in [4.69, 9.17) is 21.1 Å². The van der Waals surface area contributed by atoms with E-state index < -0.39 is 34.1 Å². The second kappa shape index (κ2) is 17.1. The van der Waals surface area contributed by atoms with Gasteiger partial charge in [-0.25, -0.2) is 13.2 Å². The van der Waals surface area contributed by atoms with Crippen molar-refractivity contribution in [2.24, 2.45) is 5.92 Å². The Bertz CT molecular complexity index is 1630. The number of ether oxygens (including phenoxy) is 2. The van der Waals surface area contributed by atoms with Crippen LogP contribution in [-0.2, 0) is 14.8 Å². The van der Waals surface area contributed by atoms with Crippen LogP contribution in [0.4, 0.5) is 16.2 Å². The van der Waals surface area contributed by atoms with E-state index in [9.17, 15) is 23.1 Å². The molecule has 0 saturated heterocycles. The summed E-state index contributed by atoms with van der Waals surface area (Å²) in [7, 11) is -2.35. The predicted molar refractivity (Wildman–Crippen MR) is 187 cm³/mol. The summed E-state index contributed by atoms with van der Waals surface area (Å²) < 4.78 is 40.7. The van der Waals surface area contributed by atoms with Gasteiger partial charge in [0.05, 0.1) is 35.3 Å². The zero-order chi connectivity index (χ0) is 34.8. The fourth-order valence-corrected chi connectivity index (χ4v) is 6.72. The fraction of sp³-hybridized carbons (Fsp3) is 0.429. The van der Waals surface area contributed by atoms with E-state index in [1.54, 1.807) is 42.2 Å². The van der Waals surface area contributed by atoms with Crippen LogP contribution in [0.15, 0.2) is 77.7 Å². The number of urea groups is 1. The number of hydrogen-bond donors (Lipinski definition) is 3. The monoisotopic (exact) mass is 700 g/mol. The van der Waals surface area contributed by atoms with Gasteiger partial charge in [0, 0.05) is 49.1 Å². The summed E-state index contributed by atoms with van der Waals surface area (Å²) in [6, 6.07) is 18.8. The summed E-state index contributed by atoms with van der Waals surface area (Å²) >= 11 is 5.98. The van der Waals surface area contributed by atoms with Gasteiger partial charge in [0.1, 0.15) is 5.75 Å². The van der Waals surface area contributed by atoms with Crippen molar-refractivity contribution in [1.29, 1.82) is 0 Å². The van der Waals surface area contributed by atoms with Gasteiger partial charge >= 0.3 is 6.03 Å². The molecule has 13 heteroatoms. The number of sulfonamides is 1. The fourth-order valence-electron chi connectivity index (χ4n) is 5.42. The number of nitrogens with zero attached hydrogens (tertiary/aromatic N) is 2. The van der Waals surface area contributed by atoms with Gasteiger partial charge in [-0.05, 0) is 87.7 Å². The van der Waals surface area contributed by atoms with E-state index in [2.05, 4.69) is 10.6 Å². The minimum Gasteiger partial charge on any atom is -0.490 e. The standard InChI is InChI=1S/C35H45ClN4O7S/c1-24-21-40(25(2)23-41)34(42)31-20-29(38-35(43)37-28-11-6-5-7-12-28)15-18-32(31)47-26(3)10-8-9-19-46-33(24)22-39(4)48(44,45)30-16-13-27(36)14-17-30/h5-7,11-18,20,24-26,33,41H,8-10,19,21-23H2,1-4H3,(H2,37,38,43)/t24-,25+,26-,33+/m0/s1. The Kier molecular flexibility index (Phi) is 13.2. The normalized spacial score (nSPS) is 20.3. The number of fused-ring (bicyclic) bond motifs is 1. The summed E-state index contributed by atoms with van der Waals surface area (Å²) in [6.45, 7) is 5.85. The number of rotatable bonds is 8. The minimum absolute atomic E-state index is 0.0440. The molecule has 0 unspecified atom stereocenters. The first kappa shape index (κ1) is 37.1. The van der Waals surface area contributed by atoms with E-state index in [0.717, 1.165) is 12.8 Å². The Morgan fingerprint density at radius 1 is 1.04 bits per heavy atom. The van der Waals surface area contributed by atoms with Crippen LogP contribution in [0.1, 0.15) is 50.4 Å². The molecule has 0 radical (unpaired) electrons. The first-order valence-corrected chi connectivity index (χ1v) is 17.9. The van der Waals surface area contributed by atoms with Crippen molar-refractivity contribution in [3.8, 4) is 5.75 Å². The van der Waals surface area contributed by atoms with Gasteiger partial charge in [0.2, 0.25) is 10.0 Å². The molecule has 3 amide bonds. The average molecular weight is 701 g/mol. The number of hydrogen-bond acceptors (Lipinski definition) is 7. The number of aliphatic hydroxyl groups excluding tert-OH is 1. The Morgan fingerprint density at radius 2 is 1.73 bits per heavy atom. The minimum atomic E-state index is -3.85. The molecule has 1 aliphatic heterocycles. The maximum absolute atomic E-state index is 14.3. The maximum atomic E-state index is 14.3. The van der Waals surface area contributed by atoms with Gasteiger partial charge in [-0.15, -0.1) is 0 Å². The molecule has 4 rings (SSSR count). The van der Waals surface area contributed by atoms with E-state index in [1.165, 1.54) is 35.6 Å². The molecular weight excluding hydrogens is 656 g/mol. The third kappa shape index (κ3) is 9.93. The molecule has 0 aliphatic carbocycles. The molecule has 1 heterocycles. The number of benzene rings is 3. The van der Waals surface area contributed by atoms with Gasteiger partial charge in [-0.1, -0.05) is 36.7 Å². The van der Waals surface area contributed by atoms with Crippen molar-refractivity contribution in [1.82, 2.24) is 9.21 Å². The number of likely N-dealkylation sites (N-methyl/N-ethyl adjacent to an activating group) is 1. The molecule has 48 heavy (non-hydrogen) atoms. The topological polar surface area (TPSA) is 138 Å². The molecule has 11 nitrogen and oxygen atoms in total. The van der Waals surface area contributed by atoms with Crippen molar-refractivity contribution in [3.63, 3.8) is 0 Å². The van der Waals surface area contributed by atoms with Crippen LogP contribution < -0.4 is 15.4 Å². The molecular formula is C35H45ClN4O7S. The lowest BCUT2D eigenvalue weighted by Gasteiger charge is -2.35. The van der Waals surface area contributed by atoms with Crippen LogP contribution in [0, 0.1) is 5.92 Å². The summed E-state index contributed by atoms with van der Waals surface area (Å²) in [5, 5.41) is 16.2. The summed E-state index contributed by atoms with van der Waals surface area (Å²) in [5.74, 6) is -0.381. The molecule has 3 aromatic rings. The first-order chi connectivity index (χ1) is 22.9. The van der Waals surface area contributed by atoms with Gasteiger partial charge in [-0.3, -0.25) is 4.79 Å². The number of para-hydroxylation sites is 1. The molecule has 3 N–H and O–H groups in total. The Balaban J connectivity index is 1.62. The van der Waals surface area contributed by atoms with Crippen LogP contribution in [-0.4, -0.2) is 86.3 Å². The van der Waals surface area contributed by atoms with Crippen molar-refractivity contribution < 1.29 is 32.6 Å². The lowest BCUT2D eigenvalue weighted by molar-refractivity contribution is -0.00833. The molecule has 0 saturated carbocycles. The zero-order valence-electron chi connectivity index (χ0n) is 27.8. The lowest BCUT2D eigenvalue weighted by atomic mass is 10.0. The number of nitrogens with one attached hydrogen (secondary N) is 2. The average Bonchev–Trinajstić information content (AvgIpc) is 3.06. The van der Waals surface area contributed by atoms with Crippen molar-refractivity contribution >= 4 is 44.9 Å². The van der Waals surface area contributed by atoms with Crippen molar-refractivity contribution in [3.05, 3.63) is 83.4 Å². The third-order valence-corrected chi connectivity index (χ3v) is 10.4. The molecule has 0 spiro atoms. The highest BCUT2D eigenvalue weighted by atomic mass is 35.5.